The van der Waals surface area contributed by atoms with Gasteiger partial charge >= 0.3 is 12.1 Å². The van der Waals surface area contributed by atoms with Crippen LogP contribution in [0, 0.1) is 47.3 Å². The molecule has 0 spiro atoms. The third-order valence-corrected chi connectivity index (χ3v) is 30.2. The maximum atomic E-state index is 15.9. The van der Waals surface area contributed by atoms with Gasteiger partial charge in [0, 0.05) is 129 Å². The molecule has 2 aromatic carbocycles. The third kappa shape index (κ3) is 32.2. The van der Waals surface area contributed by atoms with Crippen LogP contribution in [0.25, 0.3) is 21.8 Å². The van der Waals surface area contributed by atoms with Crippen molar-refractivity contribution in [3.8, 4) is 11.5 Å². The van der Waals surface area contributed by atoms with Gasteiger partial charge in [0.25, 0.3) is 0 Å². The molecule has 822 valence electrons. The van der Waals surface area contributed by atoms with Crippen LogP contribution in [-0.2, 0) is 135 Å². The van der Waals surface area contributed by atoms with E-state index in [0.717, 1.165) is 4.90 Å². The molecule has 2 saturated heterocycles. The van der Waals surface area contributed by atoms with Crippen LogP contribution < -0.4 is 74.7 Å². The number of halogens is 1. The van der Waals surface area contributed by atoms with E-state index in [0.29, 0.717) is 35.4 Å². The number of esters is 1. The normalized spacial score (nSPS) is 27.7. The Morgan fingerprint density at radius 3 is 1.41 bits per heavy atom. The second-order valence-corrected chi connectivity index (χ2v) is 44.3. The van der Waals surface area contributed by atoms with Crippen molar-refractivity contribution in [2.24, 2.45) is 58.8 Å². The Morgan fingerprint density at radius 2 is 0.960 bits per heavy atom. The van der Waals surface area contributed by atoms with Gasteiger partial charge in [0.2, 0.25) is 82.5 Å². The van der Waals surface area contributed by atoms with Crippen LogP contribution in [0.5, 0.6) is 11.5 Å². The smallest absolute Gasteiger partial charge is 0.407 e. The fraction of sp³-hybridized carbons (Fsp3) is 0.629. The van der Waals surface area contributed by atoms with Crippen molar-refractivity contribution in [2.45, 2.75) is 273 Å². The zero-order valence-electron chi connectivity index (χ0n) is 85.0. The SMILES string of the molecule is CC(C)(C)OC(=O)CCBr.CC[C@H](C)[C@@H]1NC(=O)CNC(=O)C2CC(=O)[C@H]([C@@H](C)[C@@H](O)CO)NC(=O)[C@@H]3CC(O)CN3C(=O)[C@H](CC(N)=O)CC(=O)C(C[S@@](=O)c3[nH]c4cc(O)ccc4c3C2)NC(=O)CNC1=O.CC[C@H](C)[C@@H]1NC(=O)CNC(=O)C2CC(=O)[C@H]([C@@H](C)[C@@H](O)CO)NC(=O)[C@@H]3CC(O)CN3C3(CCNC(=O)OC(C)(C)C)Oc4ccc5c(c([nH]c5c4)[S@](=O)CC(NC(=O)CNC1=O)C(=O)C[C@@H](CC(N)=O)C3=O)C2. The fourth-order valence-electron chi connectivity index (χ4n) is 18.7. The number of alkyl carbamates (subject to hydrolysis) is 1. The largest absolute Gasteiger partial charge is 0.508 e. The summed E-state index contributed by atoms with van der Waals surface area (Å²) in [5, 5.41) is 103. The Kier molecular flexibility index (Phi) is 42.8. The highest BCUT2D eigenvalue weighted by molar-refractivity contribution is 9.09. The van der Waals surface area contributed by atoms with E-state index in [1.165, 1.54) is 55.1 Å². The lowest BCUT2D eigenvalue weighted by molar-refractivity contribution is -0.167. The molecule has 9 heterocycles. The maximum Gasteiger partial charge on any atom is 0.407 e. The molecule has 149 heavy (non-hydrogen) atoms. The molecular formula is C97H138BrN17O32S2. The number of alkyl halides is 1. The number of aromatic hydroxyl groups is 1. The van der Waals surface area contributed by atoms with Gasteiger partial charge in [-0.2, -0.15) is 0 Å². The molecule has 7 aliphatic rings. The monoisotopic (exact) mass is 2200 g/mol. The topological polar surface area (TPSA) is 767 Å². The lowest BCUT2D eigenvalue weighted by Gasteiger charge is -2.44. The maximum absolute atomic E-state index is 15.9. The van der Waals surface area contributed by atoms with Crippen molar-refractivity contribution in [3.63, 3.8) is 0 Å². The molecule has 10 bridgehead atoms. The van der Waals surface area contributed by atoms with Gasteiger partial charge in [0.1, 0.15) is 50.9 Å². The molecule has 0 radical (unpaired) electrons. The molecule has 2 fully saturated rings. The number of nitrogens with two attached hydrogens (primary N) is 2. The quantitative estimate of drug-likeness (QED) is 0.0314. The van der Waals surface area contributed by atoms with Crippen LogP contribution in [-0.4, -0.2) is 347 Å². The predicted molar refractivity (Wildman–Crippen MR) is 534 cm³/mol. The number of ether oxygens (including phenoxy) is 3. The number of amides is 14. The number of carbonyl (C=O) groups is 20. The first-order chi connectivity index (χ1) is 69.9. The molecule has 14 amide bonds. The van der Waals surface area contributed by atoms with E-state index in [-0.39, 0.29) is 61.7 Å². The van der Waals surface area contributed by atoms with E-state index < -0.39 is 400 Å². The van der Waals surface area contributed by atoms with Crippen molar-refractivity contribution in [1.29, 1.82) is 0 Å². The number of aliphatic hydroxyl groups is 6. The minimum atomic E-state index is -2.54. The summed E-state index contributed by atoms with van der Waals surface area (Å²) in [4.78, 5) is 286. The number of H-pyrrole nitrogens is 2. The number of fused-ring (bicyclic) bond motifs is 12. The van der Waals surface area contributed by atoms with Gasteiger partial charge in [0.15, 0.2) is 28.9 Å². The number of nitrogens with zero attached hydrogens (tertiary/aromatic N) is 2. The Morgan fingerprint density at radius 1 is 0.537 bits per heavy atom. The summed E-state index contributed by atoms with van der Waals surface area (Å²) in [5.74, 6) is -28.2. The molecule has 52 heteroatoms. The number of nitrogens with one attached hydrogen (secondary N) is 13. The lowest BCUT2D eigenvalue weighted by Crippen LogP contribution is -2.66. The Labute approximate surface area is 871 Å². The van der Waals surface area contributed by atoms with Crippen LogP contribution >= 0.6 is 15.9 Å². The van der Waals surface area contributed by atoms with Gasteiger partial charge in [-0.3, -0.25) is 99.5 Å². The number of rotatable bonds is 19. The van der Waals surface area contributed by atoms with Crippen LogP contribution in [0.3, 0.4) is 0 Å². The predicted octanol–water partition coefficient (Wildman–Crippen LogP) is -4.02. The number of aromatic amines is 2. The van der Waals surface area contributed by atoms with Crippen LogP contribution in [0.15, 0.2) is 46.5 Å². The molecule has 11 rings (SSSR count). The fourth-order valence-corrected chi connectivity index (χ4v) is 21.9. The van der Waals surface area contributed by atoms with Crippen molar-refractivity contribution in [3.05, 3.63) is 47.5 Å². The number of ketones is 5. The molecule has 7 unspecified atom stereocenters. The number of primary amides is 2. The lowest BCUT2D eigenvalue weighted by atomic mass is 9.83. The van der Waals surface area contributed by atoms with Gasteiger partial charge in [0.05, 0.1) is 150 Å². The van der Waals surface area contributed by atoms with Gasteiger partial charge in [-0.1, -0.05) is 70.3 Å². The molecule has 0 aliphatic carbocycles. The standard InChI is InChI=1S/C49H69N9O16S.C41H56N8O14S.C7H13BrO2/c1-7-23(2)40-45(70)53-18-38(65)54-32-22-75(72)46-30-12-26(43(68)52-19-39(66)56-40)14-35(62)41(24(3)36(63)21-59)57-44(69)33-16-27(60)20-58(33)49(10-11-51-47(71)74-48(4,5)6,42(67)25(13-34(32)61)15-37(50)64)73-28-8-9-29(30)31(17-28)55-46;1-4-18(2)35-39(61)44-13-33(57)45-27-17-64(63)40-25(24-6-5-22(51)11-26(24)46-40)7-20(37(59)43-14-34(58)47-35)8-30(54)36(19(3)31(55)16-50)48-38(60)28-12-23(52)15-49(28)41(62)21(9-29(27)53)10-32(42)56;1-7(2,3)10-6(9)4-5-8/h8-9,17,23-27,32-33,36,40-41,55,59-60,63H,7,10-16,18-22H2,1-6H3,(H2,50,64)(H,51,71)(H,52,68)(H,53,70)(H,54,65)(H,56,66)(H,57,69);5-6,11,18-21,23,27-28,31,35-36,46,50-52,55H,4,7-10,12-17H2,1-3H3,(H2,42,56)(H,43,59)(H,44,61)(H,45,57)(H,47,58)(H,48,60);4-5H2,1-3H3/t23-,24-,25-,26?,27?,32?,33-,36-,40-,41-,49?,75+;18-,19-,20?,21-,23?,27?,28-,31-,35-,36-,64+;/m00./s1. The average Bonchev–Trinajstić information content (AvgIpc) is 1.60. The highest BCUT2D eigenvalue weighted by Gasteiger charge is 2.58. The summed E-state index contributed by atoms with van der Waals surface area (Å²) in [7, 11) is -4.65. The van der Waals surface area contributed by atoms with Crippen molar-refractivity contribution < 1.29 is 154 Å². The molecular weight excluding hydrogens is 2060 g/mol. The van der Waals surface area contributed by atoms with E-state index in [4.69, 9.17) is 25.7 Å². The first kappa shape index (κ1) is 120. The summed E-state index contributed by atoms with van der Waals surface area (Å²) in [6, 6.07) is -3.94. The highest BCUT2D eigenvalue weighted by Crippen LogP contribution is 2.42. The summed E-state index contributed by atoms with van der Waals surface area (Å²) in [6.45, 7) is 13.9. The first-order valence-electron chi connectivity index (χ1n) is 49.2. The Hall–Kier alpha value is -12.2. The van der Waals surface area contributed by atoms with E-state index in [2.05, 4.69) is 84.4 Å². The molecule has 23 atom stereocenters. The molecule has 49 nitrogen and oxygen atoms in total. The average molecular weight is 2200 g/mol. The number of aromatic nitrogens is 2. The van der Waals surface area contributed by atoms with Gasteiger partial charge in [-0.05, 0) is 108 Å². The second kappa shape index (κ2) is 53.0. The molecule has 7 aliphatic heterocycles. The summed E-state index contributed by atoms with van der Waals surface area (Å²) in [6.07, 6.45) is -12.6. The highest BCUT2D eigenvalue weighted by atomic mass is 79.9. The van der Waals surface area contributed by atoms with Crippen molar-refractivity contribution >= 4 is 177 Å². The van der Waals surface area contributed by atoms with Crippen LogP contribution in [0.2, 0.25) is 0 Å². The second-order valence-electron chi connectivity index (χ2n) is 40.6. The third-order valence-electron chi connectivity index (χ3n) is 27.0. The zero-order chi connectivity index (χ0) is 111. The Bertz CT molecular complexity index is 5750. The number of benzene rings is 2. The number of phenolic OH excluding ortho intramolecular Hbond substituents is 1. The number of hydrogen-bond donors (Lipinski definition) is 22. The number of aliphatic hydroxyl groups excluding tert-OH is 6. The molecule has 2 aromatic heterocycles. The van der Waals surface area contributed by atoms with E-state index >= 15 is 9.59 Å². The first-order valence-corrected chi connectivity index (χ1v) is 53.0. The molecule has 24 N–H and O–H groups in total. The number of hydrogen-bond acceptors (Lipinski definition) is 33. The number of carbonyl (C=O) groups excluding carboxylic acids is 20. The van der Waals surface area contributed by atoms with Gasteiger partial charge in [-0.15, -0.1) is 0 Å². The summed E-state index contributed by atoms with van der Waals surface area (Å²) >= 11 is 3.16. The van der Waals surface area contributed by atoms with Gasteiger partial charge < -0.3 is 135 Å². The van der Waals surface area contributed by atoms with Crippen molar-refractivity contribution in [2.75, 3.05) is 75.9 Å². The van der Waals surface area contributed by atoms with Gasteiger partial charge in [-0.25, -0.2) is 9.69 Å². The van der Waals surface area contributed by atoms with E-state index in [1.54, 1.807) is 48.5 Å². The van der Waals surface area contributed by atoms with E-state index in [1.807, 2.05) is 20.8 Å². The number of Topliss-reactive ketones (excluding diaryl/α,β-unsaturated/α-hetero) is 5. The summed E-state index contributed by atoms with van der Waals surface area (Å²) in [5.41, 5.74) is 8.15. The van der Waals surface area contributed by atoms with Crippen LogP contribution in [0.4, 0.5) is 4.79 Å². The van der Waals surface area contributed by atoms with Crippen molar-refractivity contribution in [1.82, 2.24) is 78.3 Å². The zero-order valence-corrected chi connectivity index (χ0v) is 88.2. The minimum absolute atomic E-state index is 0.0846. The van der Waals surface area contributed by atoms with E-state index in [9.17, 15) is 130 Å². The Balaban J connectivity index is 0.000000305. The summed E-state index contributed by atoms with van der Waals surface area (Å²) < 4.78 is 46.8. The molecule has 4 aromatic rings. The minimum Gasteiger partial charge on any atom is -0.508 e. The number of phenols is 1. The van der Waals surface area contributed by atoms with Crippen LogP contribution in [0.1, 0.15) is 171 Å². The molecule has 0 saturated carbocycles.